The van der Waals surface area contributed by atoms with Gasteiger partial charge in [-0.15, -0.1) is 0 Å². The number of carbonyl (C=O) groups is 2. The number of halogens is 1. The van der Waals surface area contributed by atoms with E-state index in [0.717, 1.165) is 5.56 Å². The normalized spacial score (nSPS) is 12.5. The fourth-order valence-corrected chi connectivity index (χ4v) is 2.81. The molecular weight excluding hydrogens is 353 g/mol. The Morgan fingerprint density at radius 1 is 1.30 bits per heavy atom. The van der Waals surface area contributed by atoms with Crippen LogP contribution in [0.15, 0.2) is 30.3 Å². The number of fused-ring (bicyclic) bond motifs is 1. The van der Waals surface area contributed by atoms with Crippen LogP contribution in [0.4, 0.5) is 15.8 Å². The van der Waals surface area contributed by atoms with E-state index in [2.05, 4.69) is 16.1 Å². The molecule has 0 radical (unpaired) electrons. The third-order valence-electron chi connectivity index (χ3n) is 4.24. The molecule has 0 aliphatic carbocycles. The minimum Gasteiger partial charge on any atom is -0.394 e. The van der Waals surface area contributed by atoms with Gasteiger partial charge in [0.05, 0.1) is 30.2 Å². The van der Waals surface area contributed by atoms with Crippen molar-refractivity contribution in [1.82, 2.24) is 10.8 Å². The summed E-state index contributed by atoms with van der Waals surface area (Å²) in [6.07, 6.45) is 0.700. The summed E-state index contributed by atoms with van der Waals surface area (Å²) >= 11 is 0. The van der Waals surface area contributed by atoms with Crippen LogP contribution in [0.2, 0.25) is 0 Å². The standard InChI is InChI=1S/C19H20FN3O4/c1-2-11-3-4-16(15(20)7-11)22-17-9-13-12(10-21-18(13)25)8-14(17)19(26)23-27-6-5-24/h3-4,7-9,22,24H,2,5-6,10H2,1H3,(H,21,25)(H,23,26). The van der Waals surface area contributed by atoms with Crippen LogP contribution in [0.1, 0.15) is 38.8 Å². The topological polar surface area (TPSA) is 99.7 Å². The second-order valence-electron chi connectivity index (χ2n) is 6.03. The zero-order valence-corrected chi connectivity index (χ0v) is 14.8. The van der Waals surface area contributed by atoms with Crippen molar-refractivity contribution in [2.24, 2.45) is 0 Å². The minimum atomic E-state index is -0.571. The van der Waals surface area contributed by atoms with Crippen molar-refractivity contribution in [3.05, 3.63) is 58.4 Å². The first kappa shape index (κ1) is 18.8. The number of carbonyl (C=O) groups excluding carboxylic acids is 2. The van der Waals surface area contributed by atoms with Crippen molar-refractivity contribution in [2.45, 2.75) is 19.9 Å². The van der Waals surface area contributed by atoms with Gasteiger partial charge in [-0.3, -0.25) is 14.4 Å². The van der Waals surface area contributed by atoms with E-state index in [0.29, 0.717) is 24.1 Å². The molecule has 0 fully saturated rings. The number of hydrogen-bond acceptors (Lipinski definition) is 5. The number of hydroxylamine groups is 1. The second kappa shape index (κ2) is 8.15. The highest BCUT2D eigenvalue weighted by Gasteiger charge is 2.24. The van der Waals surface area contributed by atoms with Crippen molar-refractivity contribution < 1.29 is 23.9 Å². The van der Waals surface area contributed by atoms with E-state index in [9.17, 15) is 14.0 Å². The number of nitrogens with one attached hydrogen (secondary N) is 3. The average Bonchev–Trinajstić information content (AvgIpc) is 3.03. The van der Waals surface area contributed by atoms with Crippen molar-refractivity contribution >= 4 is 23.2 Å². The minimum absolute atomic E-state index is 0.0629. The third kappa shape index (κ3) is 4.07. The zero-order valence-electron chi connectivity index (χ0n) is 14.8. The maximum atomic E-state index is 14.4. The Morgan fingerprint density at radius 3 is 2.81 bits per heavy atom. The maximum absolute atomic E-state index is 14.4. The summed E-state index contributed by atoms with van der Waals surface area (Å²) in [5.41, 5.74) is 4.83. The van der Waals surface area contributed by atoms with Gasteiger partial charge in [-0.05, 0) is 41.8 Å². The fourth-order valence-electron chi connectivity index (χ4n) is 2.81. The molecule has 2 aromatic rings. The molecule has 2 aromatic carbocycles. The van der Waals surface area contributed by atoms with Gasteiger partial charge < -0.3 is 15.7 Å². The van der Waals surface area contributed by atoms with E-state index in [1.165, 1.54) is 12.1 Å². The van der Waals surface area contributed by atoms with E-state index < -0.39 is 11.7 Å². The number of aryl methyl sites for hydroxylation is 1. The molecule has 27 heavy (non-hydrogen) atoms. The molecule has 0 spiro atoms. The van der Waals surface area contributed by atoms with Crippen LogP contribution in [0, 0.1) is 5.82 Å². The maximum Gasteiger partial charge on any atom is 0.276 e. The number of amides is 2. The molecule has 8 heteroatoms. The molecule has 7 nitrogen and oxygen atoms in total. The van der Waals surface area contributed by atoms with Crippen molar-refractivity contribution in [2.75, 3.05) is 18.5 Å². The summed E-state index contributed by atoms with van der Waals surface area (Å²) in [5.74, 6) is -1.28. The molecule has 0 atom stereocenters. The van der Waals surface area contributed by atoms with Crippen LogP contribution >= 0.6 is 0 Å². The molecule has 1 heterocycles. The highest BCUT2D eigenvalue weighted by atomic mass is 19.1. The Bertz CT molecular complexity index is 885. The number of aliphatic hydroxyl groups is 1. The number of aliphatic hydroxyl groups excluding tert-OH is 1. The molecule has 1 aliphatic rings. The number of hydrogen-bond donors (Lipinski definition) is 4. The van der Waals surface area contributed by atoms with Crippen molar-refractivity contribution in [3.63, 3.8) is 0 Å². The molecule has 0 bridgehead atoms. The van der Waals surface area contributed by atoms with E-state index in [1.54, 1.807) is 18.2 Å². The quantitative estimate of drug-likeness (QED) is 0.440. The summed E-state index contributed by atoms with van der Waals surface area (Å²) in [4.78, 5) is 29.3. The summed E-state index contributed by atoms with van der Waals surface area (Å²) in [6, 6.07) is 7.88. The lowest BCUT2D eigenvalue weighted by Crippen LogP contribution is -2.26. The predicted molar refractivity (Wildman–Crippen MR) is 97.2 cm³/mol. The smallest absolute Gasteiger partial charge is 0.276 e. The molecule has 0 saturated heterocycles. The van der Waals surface area contributed by atoms with Gasteiger partial charge in [0.2, 0.25) is 0 Å². The molecule has 0 aromatic heterocycles. The largest absolute Gasteiger partial charge is 0.394 e. The SMILES string of the molecule is CCc1ccc(Nc2cc3c(cc2C(=O)NOCCO)CNC3=O)c(F)c1. The zero-order chi connectivity index (χ0) is 19.4. The van der Waals surface area contributed by atoms with Crippen LogP contribution in [0.3, 0.4) is 0 Å². The lowest BCUT2D eigenvalue weighted by Gasteiger charge is -2.15. The van der Waals surface area contributed by atoms with Crippen LogP contribution < -0.4 is 16.1 Å². The van der Waals surface area contributed by atoms with E-state index in [-0.39, 0.29) is 36.1 Å². The van der Waals surface area contributed by atoms with Crippen LogP contribution in [0.5, 0.6) is 0 Å². The fraction of sp³-hybridized carbons (Fsp3) is 0.263. The lowest BCUT2D eigenvalue weighted by atomic mass is 10.0. The van der Waals surface area contributed by atoms with Crippen LogP contribution in [-0.2, 0) is 17.8 Å². The Hall–Kier alpha value is -2.97. The lowest BCUT2D eigenvalue weighted by molar-refractivity contribution is 0.0169. The monoisotopic (exact) mass is 373 g/mol. The van der Waals surface area contributed by atoms with Crippen LogP contribution in [0.25, 0.3) is 0 Å². The Balaban J connectivity index is 1.95. The highest BCUT2D eigenvalue weighted by Crippen LogP contribution is 2.29. The van der Waals surface area contributed by atoms with Crippen LogP contribution in [-0.4, -0.2) is 30.1 Å². The third-order valence-corrected chi connectivity index (χ3v) is 4.24. The summed E-state index contributed by atoms with van der Waals surface area (Å²) < 4.78 is 14.4. The average molecular weight is 373 g/mol. The van der Waals surface area contributed by atoms with E-state index in [4.69, 9.17) is 9.94 Å². The van der Waals surface area contributed by atoms with Gasteiger partial charge in [-0.1, -0.05) is 13.0 Å². The summed E-state index contributed by atoms with van der Waals surface area (Å²) in [6.45, 7) is 1.93. The van der Waals surface area contributed by atoms with E-state index in [1.807, 2.05) is 6.92 Å². The highest BCUT2D eigenvalue weighted by molar-refractivity contribution is 6.05. The Morgan fingerprint density at radius 2 is 2.11 bits per heavy atom. The van der Waals surface area contributed by atoms with Gasteiger partial charge in [-0.2, -0.15) is 0 Å². The number of anilines is 2. The molecule has 1 aliphatic heterocycles. The Labute approximate surface area is 155 Å². The molecule has 3 rings (SSSR count). The number of rotatable bonds is 7. The summed E-state index contributed by atoms with van der Waals surface area (Å²) in [5, 5.41) is 14.3. The summed E-state index contributed by atoms with van der Waals surface area (Å²) in [7, 11) is 0. The molecule has 4 N–H and O–H groups in total. The van der Waals surface area contributed by atoms with Gasteiger partial charge in [-0.25, -0.2) is 9.87 Å². The first-order valence-corrected chi connectivity index (χ1v) is 8.57. The Kier molecular flexibility index (Phi) is 5.68. The first-order valence-electron chi connectivity index (χ1n) is 8.57. The molecule has 0 unspecified atom stereocenters. The predicted octanol–water partition coefficient (Wildman–Crippen LogP) is 2.03. The van der Waals surface area contributed by atoms with Gasteiger partial charge in [0.15, 0.2) is 0 Å². The van der Waals surface area contributed by atoms with Crippen molar-refractivity contribution in [1.29, 1.82) is 0 Å². The van der Waals surface area contributed by atoms with Gasteiger partial charge in [0, 0.05) is 12.1 Å². The van der Waals surface area contributed by atoms with Crippen molar-refractivity contribution in [3.8, 4) is 0 Å². The molecule has 142 valence electrons. The number of benzene rings is 2. The molecule has 2 amide bonds. The van der Waals surface area contributed by atoms with Gasteiger partial charge in [0.25, 0.3) is 11.8 Å². The second-order valence-corrected chi connectivity index (χ2v) is 6.03. The van der Waals surface area contributed by atoms with E-state index >= 15 is 0 Å². The first-order chi connectivity index (χ1) is 13.0. The molecule has 0 saturated carbocycles. The van der Waals surface area contributed by atoms with Gasteiger partial charge >= 0.3 is 0 Å². The van der Waals surface area contributed by atoms with Gasteiger partial charge in [0.1, 0.15) is 5.82 Å². The molecular formula is C19H20FN3O4.